The molecule has 0 amide bonds. The van der Waals surface area contributed by atoms with E-state index in [9.17, 15) is 20.1 Å². The van der Waals surface area contributed by atoms with E-state index in [0.717, 1.165) is 12.8 Å². The van der Waals surface area contributed by atoms with Crippen LogP contribution in [0, 0.1) is 40.4 Å². The standard InChI is InChI=1S/C28H40O7/c1-13(17-12-25(3)27(5,35-25)23(31)33-17)20-16(29)11-15-19-14(8-10-24(15,20)2)26(4)18(30)7-6-9-28(26,32)22-21(19)34-22/h6-7,13-17,19-23,29,31-32H,8-12H2,1-5H3/t13-,14+,15+,16-,17-,19-,20+,21+,22+,23?,24+,25+,26+,27-,28+/m1/s1. The highest BCUT2D eigenvalue weighted by atomic mass is 16.7. The van der Waals surface area contributed by atoms with Crippen molar-refractivity contribution in [3.8, 4) is 0 Å². The normalized spacial score (nSPS) is 64.9. The lowest BCUT2D eigenvalue weighted by Gasteiger charge is -2.60. The number of hydrogen-bond donors (Lipinski definition) is 3. The number of rotatable bonds is 2. The number of aliphatic hydroxyl groups is 3. The molecule has 4 aliphatic carbocycles. The molecule has 0 spiro atoms. The van der Waals surface area contributed by atoms with Gasteiger partial charge in [0.05, 0.1) is 23.7 Å². The number of allylic oxidation sites excluding steroid dienone is 1. The molecule has 1 unspecified atom stereocenters. The van der Waals surface area contributed by atoms with E-state index in [1.54, 1.807) is 12.2 Å². The monoisotopic (exact) mass is 488 g/mol. The molecule has 35 heavy (non-hydrogen) atoms. The highest BCUT2D eigenvalue weighted by Gasteiger charge is 2.78. The van der Waals surface area contributed by atoms with Gasteiger partial charge < -0.3 is 29.5 Å². The van der Waals surface area contributed by atoms with Gasteiger partial charge in [0.25, 0.3) is 0 Å². The summed E-state index contributed by atoms with van der Waals surface area (Å²) < 4.78 is 18.2. The summed E-state index contributed by atoms with van der Waals surface area (Å²) in [4.78, 5) is 13.3. The molecule has 0 aromatic rings. The Balaban J connectivity index is 1.20. The second-order valence-corrected chi connectivity index (χ2v) is 13.8. The van der Waals surface area contributed by atoms with Gasteiger partial charge in [0, 0.05) is 6.42 Å². The van der Waals surface area contributed by atoms with Gasteiger partial charge in [-0.05, 0) is 87.5 Å². The minimum Gasteiger partial charge on any atom is -0.393 e. The molecule has 7 heteroatoms. The smallest absolute Gasteiger partial charge is 0.186 e. The van der Waals surface area contributed by atoms with Crippen LogP contribution in [-0.2, 0) is 19.0 Å². The number of epoxide rings is 2. The van der Waals surface area contributed by atoms with E-state index >= 15 is 0 Å². The molecule has 7 aliphatic rings. The van der Waals surface area contributed by atoms with Crippen molar-refractivity contribution in [2.45, 2.75) is 114 Å². The van der Waals surface area contributed by atoms with Crippen LogP contribution >= 0.6 is 0 Å². The number of fused-ring (bicyclic) bond motifs is 9. The van der Waals surface area contributed by atoms with Gasteiger partial charge in [0.2, 0.25) is 0 Å². The van der Waals surface area contributed by atoms with E-state index in [-0.39, 0.29) is 59.1 Å². The molecule has 3 saturated heterocycles. The Labute approximate surface area is 207 Å². The van der Waals surface area contributed by atoms with Gasteiger partial charge in [-0.15, -0.1) is 0 Å². The van der Waals surface area contributed by atoms with Crippen LogP contribution < -0.4 is 0 Å². The quantitative estimate of drug-likeness (QED) is 0.512. The van der Waals surface area contributed by atoms with E-state index in [1.165, 1.54) is 0 Å². The Morgan fingerprint density at radius 3 is 2.57 bits per heavy atom. The molecule has 0 bridgehead atoms. The highest BCUT2D eigenvalue weighted by Crippen LogP contribution is 2.72. The van der Waals surface area contributed by atoms with Gasteiger partial charge in [0.15, 0.2) is 12.1 Å². The van der Waals surface area contributed by atoms with Crippen molar-refractivity contribution in [2.75, 3.05) is 0 Å². The number of ketones is 1. The summed E-state index contributed by atoms with van der Waals surface area (Å²) in [5, 5.41) is 33.9. The number of ether oxygens (including phenoxy) is 3. The molecule has 7 nitrogen and oxygen atoms in total. The Kier molecular flexibility index (Phi) is 4.39. The summed E-state index contributed by atoms with van der Waals surface area (Å²) in [6, 6.07) is 0. The zero-order chi connectivity index (χ0) is 24.9. The first-order valence-electron chi connectivity index (χ1n) is 13.6. The SMILES string of the molecule is C[C@@H]([C@H]1[C@H](O)C[C@H]2[C@@H]3[C@@H]4O[C@@H]4[C@@]4(O)CC=CC(=O)[C@]4(C)[C@H]3CC[C@]12C)[C@H]1C[C@]2(C)O[C@]2(C)C(O)O1. The second-order valence-electron chi connectivity index (χ2n) is 13.8. The van der Waals surface area contributed by atoms with Crippen LogP contribution in [0.4, 0.5) is 0 Å². The van der Waals surface area contributed by atoms with Crippen molar-refractivity contribution in [1.82, 2.24) is 0 Å². The van der Waals surface area contributed by atoms with Crippen LogP contribution in [0.1, 0.15) is 66.7 Å². The summed E-state index contributed by atoms with van der Waals surface area (Å²) in [5.41, 5.74) is -3.15. The van der Waals surface area contributed by atoms with E-state index in [2.05, 4.69) is 13.8 Å². The molecule has 7 rings (SSSR count). The van der Waals surface area contributed by atoms with Crippen molar-refractivity contribution in [1.29, 1.82) is 0 Å². The van der Waals surface area contributed by atoms with Crippen LogP contribution in [0.25, 0.3) is 0 Å². The van der Waals surface area contributed by atoms with Crippen molar-refractivity contribution in [2.24, 2.45) is 40.4 Å². The summed E-state index contributed by atoms with van der Waals surface area (Å²) in [7, 11) is 0. The molecule has 0 aromatic carbocycles. The van der Waals surface area contributed by atoms with Gasteiger partial charge >= 0.3 is 0 Å². The fraction of sp³-hybridized carbons (Fsp3) is 0.893. The molecule has 3 heterocycles. The minimum absolute atomic E-state index is 0.0186. The van der Waals surface area contributed by atoms with Crippen LogP contribution in [-0.4, -0.2) is 68.6 Å². The van der Waals surface area contributed by atoms with Crippen LogP contribution in [0.15, 0.2) is 12.2 Å². The molecule has 0 radical (unpaired) electrons. The van der Waals surface area contributed by atoms with Gasteiger partial charge in [-0.2, -0.15) is 0 Å². The van der Waals surface area contributed by atoms with Gasteiger partial charge in [-0.1, -0.05) is 19.9 Å². The topological polar surface area (TPSA) is 112 Å². The summed E-state index contributed by atoms with van der Waals surface area (Å²) >= 11 is 0. The third-order valence-electron chi connectivity index (χ3n) is 12.6. The van der Waals surface area contributed by atoms with E-state index < -0.39 is 34.6 Å². The maximum absolute atomic E-state index is 13.3. The van der Waals surface area contributed by atoms with Crippen LogP contribution in [0.3, 0.4) is 0 Å². The highest BCUT2D eigenvalue weighted by molar-refractivity contribution is 5.97. The van der Waals surface area contributed by atoms with E-state index in [4.69, 9.17) is 14.2 Å². The first-order chi connectivity index (χ1) is 16.3. The average Bonchev–Trinajstić information content (AvgIpc) is 3.66. The Bertz CT molecular complexity index is 1010. The van der Waals surface area contributed by atoms with Crippen molar-refractivity contribution >= 4 is 5.78 Å². The largest absolute Gasteiger partial charge is 0.393 e. The second kappa shape index (κ2) is 6.59. The predicted molar refractivity (Wildman–Crippen MR) is 125 cm³/mol. The predicted octanol–water partition coefficient (Wildman–Crippen LogP) is 2.35. The van der Waals surface area contributed by atoms with Gasteiger partial charge in [-0.3, -0.25) is 4.79 Å². The molecule has 3 aliphatic heterocycles. The molecular weight excluding hydrogens is 448 g/mol. The molecule has 3 saturated carbocycles. The lowest BCUT2D eigenvalue weighted by atomic mass is 9.43. The summed E-state index contributed by atoms with van der Waals surface area (Å²) in [6.07, 6.45) is 5.07. The van der Waals surface area contributed by atoms with Crippen LogP contribution in [0.5, 0.6) is 0 Å². The number of aliphatic hydroxyl groups excluding tert-OH is 2. The molecule has 0 aromatic heterocycles. The Morgan fingerprint density at radius 2 is 1.86 bits per heavy atom. The first-order valence-corrected chi connectivity index (χ1v) is 13.6. The number of carbonyl (C=O) groups excluding carboxylic acids is 1. The lowest BCUT2D eigenvalue weighted by molar-refractivity contribution is -0.208. The Hall–Kier alpha value is -0.830. The number of carbonyl (C=O) groups is 1. The van der Waals surface area contributed by atoms with Crippen LogP contribution in [0.2, 0.25) is 0 Å². The maximum atomic E-state index is 13.3. The summed E-state index contributed by atoms with van der Waals surface area (Å²) in [6.45, 7) is 10.4. The van der Waals surface area contributed by atoms with Crippen molar-refractivity contribution in [3.63, 3.8) is 0 Å². The third kappa shape index (κ3) is 2.52. The fourth-order valence-corrected chi connectivity index (χ4v) is 10.3. The molecule has 3 N–H and O–H groups in total. The van der Waals surface area contributed by atoms with Crippen molar-refractivity contribution in [3.05, 3.63) is 12.2 Å². The van der Waals surface area contributed by atoms with E-state index in [1.807, 2.05) is 20.8 Å². The fourth-order valence-electron chi connectivity index (χ4n) is 10.3. The van der Waals surface area contributed by atoms with Crippen molar-refractivity contribution < 1.29 is 34.3 Å². The minimum atomic E-state index is -1.14. The first kappa shape index (κ1) is 23.3. The molecule has 15 atom stereocenters. The lowest BCUT2D eigenvalue weighted by Crippen LogP contribution is -2.67. The zero-order valence-corrected chi connectivity index (χ0v) is 21.4. The number of hydrogen-bond acceptors (Lipinski definition) is 7. The zero-order valence-electron chi connectivity index (χ0n) is 21.4. The van der Waals surface area contributed by atoms with Gasteiger partial charge in [0.1, 0.15) is 22.9 Å². The Morgan fingerprint density at radius 1 is 1.11 bits per heavy atom. The average molecular weight is 489 g/mol. The summed E-state index contributed by atoms with van der Waals surface area (Å²) in [5.74, 6) is 0.489. The van der Waals surface area contributed by atoms with E-state index in [0.29, 0.717) is 19.3 Å². The molecular formula is C28H40O7. The molecule has 194 valence electrons. The third-order valence-corrected chi connectivity index (χ3v) is 12.6. The van der Waals surface area contributed by atoms with Gasteiger partial charge in [-0.25, -0.2) is 0 Å². The maximum Gasteiger partial charge on any atom is 0.186 e. The molecule has 6 fully saturated rings.